The number of hydrogen-bond donors (Lipinski definition) is 1. The lowest BCUT2D eigenvalue weighted by Gasteiger charge is -2.34. The van der Waals surface area contributed by atoms with Crippen molar-refractivity contribution in [1.29, 1.82) is 0 Å². The molecule has 2 nitrogen and oxygen atoms in total. The van der Waals surface area contributed by atoms with E-state index in [0.29, 0.717) is 0 Å². The fourth-order valence-electron chi connectivity index (χ4n) is 18.7. The Morgan fingerprint density at radius 2 is 0.519 bits per heavy atom. The maximum atomic E-state index is 3.80. The van der Waals surface area contributed by atoms with Crippen molar-refractivity contribution in [3.8, 4) is 44.5 Å². The summed E-state index contributed by atoms with van der Waals surface area (Å²) in [7, 11) is 0. The smallest absolute Gasteiger partial charge is 0.0725 e. The van der Waals surface area contributed by atoms with E-state index in [1.54, 1.807) is 0 Å². The van der Waals surface area contributed by atoms with Crippen molar-refractivity contribution in [2.75, 3.05) is 10.2 Å². The number of hydrogen-bond acceptors (Lipinski definition) is 4. The number of nitrogens with one attached hydrogen (secondary N) is 1. The molecule has 0 bridgehead atoms. The molecule has 0 atom stereocenters. The molecule has 488 valence electrons. The molecule has 2 heterocycles. The summed E-state index contributed by atoms with van der Waals surface area (Å²) >= 11 is 7.48. The molecule has 18 aromatic rings. The molecule has 1 N–H and O–H groups in total. The maximum Gasteiger partial charge on any atom is 0.0725 e. The monoisotopic (exact) mass is 1420 g/mol. The molecular weight excluding hydrogens is 1360 g/mol. The van der Waals surface area contributed by atoms with Gasteiger partial charge in [-0.1, -0.05) is 302 Å². The first kappa shape index (κ1) is 61.0. The van der Waals surface area contributed by atoms with Crippen molar-refractivity contribution in [2.24, 2.45) is 0 Å². The minimum Gasteiger partial charge on any atom is -0.354 e. The van der Waals surface area contributed by atoms with Crippen LogP contribution in [-0.2, 0) is 10.8 Å². The predicted octanol–water partition coefficient (Wildman–Crippen LogP) is 28.2. The highest BCUT2D eigenvalue weighted by Gasteiger charge is 2.54. The Balaban J connectivity index is 0.000000115. The van der Waals surface area contributed by atoms with E-state index in [1.165, 1.54) is 202 Å². The number of rotatable bonds is 1. The van der Waals surface area contributed by atoms with Crippen LogP contribution in [0.2, 0.25) is 0 Å². The van der Waals surface area contributed by atoms with Crippen LogP contribution in [0.5, 0.6) is 0 Å². The average molecular weight is 1420 g/mol. The average Bonchev–Trinajstić information content (AvgIpc) is 1.51. The summed E-state index contributed by atoms with van der Waals surface area (Å²) in [4.78, 5) is 7.61. The van der Waals surface area contributed by atoms with Gasteiger partial charge in [0.1, 0.15) is 0 Å². The van der Waals surface area contributed by atoms with E-state index in [2.05, 4.69) is 378 Å². The van der Waals surface area contributed by atoms with Crippen molar-refractivity contribution in [2.45, 2.75) is 37.8 Å². The second-order valence-electron chi connectivity index (χ2n) is 27.8. The van der Waals surface area contributed by atoms with Crippen molar-refractivity contribution in [1.82, 2.24) is 0 Å². The summed E-state index contributed by atoms with van der Waals surface area (Å²) in [6, 6.07) is 131. The second kappa shape index (κ2) is 23.4. The molecule has 6 aliphatic rings. The van der Waals surface area contributed by atoms with Crippen LogP contribution in [-0.4, -0.2) is 0 Å². The van der Waals surface area contributed by atoms with E-state index < -0.39 is 5.41 Å². The van der Waals surface area contributed by atoms with Gasteiger partial charge in [-0.05, 0) is 251 Å². The molecule has 0 aromatic heterocycles. The first-order chi connectivity index (χ1) is 51.0. The van der Waals surface area contributed by atoms with Crippen LogP contribution in [0.15, 0.2) is 376 Å². The molecule has 0 amide bonds. The SMILES string of the molecule is Brc1ccc2c(c1)-c1cc3c4ccccc4c4ccccc4c3cc1C21c2ccccc2-c2ccccc21.C.c1ccc2c(c1)Nc1ccccc1S2.c1ccc2c(c1)Sc1ccccc1N2c1ccc2c(c1)-c1cc3c4ccccc4c4ccccc4c3cc1C21c2ccccc2-c2ccccc21. The first-order valence-electron chi connectivity index (χ1n) is 35.4. The Morgan fingerprint density at radius 1 is 0.231 bits per heavy atom. The Kier molecular flexibility index (Phi) is 13.7. The Labute approximate surface area is 621 Å². The van der Waals surface area contributed by atoms with Crippen LogP contribution in [0.4, 0.5) is 28.4 Å². The third-order valence-corrected chi connectivity index (χ3v) is 25.6. The van der Waals surface area contributed by atoms with E-state index in [4.69, 9.17) is 0 Å². The maximum absolute atomic E-state index is 3.80. The zero-order valence-corrected chi connectivity index (χ0v) is 58.8. The van der Waals surface area contributed by atoms with E-state index in [9.17, 15) is 0 Å². The fraction of sp³-hybridized carbons (Fsp3) is 0.0303. The van der Waals surface area contributed by atoms with Crippen LogP contribution in [0, 0.1) is 0 Å². The molecule has 0 saturated carbocycles. The van der Waals surface area contributed by atoms with Gasteiger partial charge in [-0.3, -0.25) is 0 Å². The van der Waals surface area contributed by atoms with Gasteiger partial charge < -0.3 is 10.2 Å². The van der Waals surface area contributed by atoms with Crippen LogP contribution in [0.25, 0.3) is 109 Å². The lowest BCUT2D eigenvalue weighted by molar-refractivity contribution is 0.795. The quantitative estimate of drug-likeness (QED) is 0.165. The van der Waals surface area contributed by atoms with E-state index in [-0.39, 0.29) is 12.8 Å². The largest absolute Gasteiger partial charge is 0.354 e. The standard InChI is InChI=1S/C49H29NS.C37H21Br.C12H9NS.CH4/c1-3-15-33-31(13-1)32-14-2-4-16-34(32)38-29-44-40(28-37(33)38)39-27-30(50-45-21-9-11-23-47(45)51-48-24-12-10-22-46(48)50)25-26-43(39)49(44)41-19-7-5-17-35(41)36-18-6-8-20-42(36)49;38-22-17-18-35-31(19-22)32-20-29-25-11-3-1-9-23(25)24-10-2-4-12-26(24)30(29)21-36(32)37(35)33-15-7-5-13-27(33)28-14-6-8-16-34(28)37;1-3-7-11-9(5-1)13-10-6-2-4-8-12(10)14-11;/h1-29H;1-21H;1-8,13H;1H4. The molecule has 0 saturated heterocycles. The van der Waals surface area contributed by atoms with Crippen molar-refractivity contribution in [3.05, 3.63) is 401 Å². The third-order valence-electron chi connectivity index (χ3n) is 22.8. The number of fused-ring (bicyclic) bond motifs is 36. The highest BCUT2D eigenvalue weighted by Crippen LogP contribution is 2.67. The topological polar surface area (TPSA) is 15.3 Å². The molecular formula is C99H63BrN2S2. The zero-order chi connectivity index (χ0) is 67.7. The lowest BCUT2D eigenvalue weighted by Crippen LogP contribution is -2.26. The van der Waals surface area contributed by atoms with Crippen molar-refractivity contribution < 1.29 is 0 Å². The van der Waals surface area contributed by atoms with Crippen LogP contribution >= 0.6 is 39.5 Å². The molecule has 24 rings (SSSR count). The summed E-state index contributed by atoms with van der Waals surface area (Å²) in [5.74, 6) is 0. The van der Waals surface area contributed by atoms with E-state index in [0.717, 1.165) is 4.47 Å². The molecule has 18 aromatic carbocycles. The van der Waals surface area contributed by atoms with Gasteiger partial charge in [0.15, 0.2) is 0 Å². The molecule has 4 aliphatic carbocycles. The third kappa shape index (κ3) is 8.54. The molecule has 5 heteroatoms. The minimum absolute atomic E-state index is 0. The van der Waals surface area contributed by atoms with Gasteiger partial charge in [0.2, 0.25) is 0 Å². The highest BCUT2D eigenvalue weighted by molar-refractivity contribution is 9.10. The molecule has 0 fully saturated rings. The van der Waals surface area contributed by atoms with E-state index in [1.807, 2.05) is 23.5 Å². The summed E-state index contributed by atoms with van der Waals surface area (Å²) in [5.41, 5.74) is 26.9. The zero-order valence-electron chi connectivity index (χ0n) is 55.6. The Morgan fingerprint density at radius 3 is 0.933 bits per heavy atom. The van der Waals surface area contributed by atoms with Gasteiger partial charge in [0.25, 0.3) is 0 Å². The normalized spacial score (nSPS) is 13.9. The van der Waals surface area contributed by atoms with Crippen LogP contribution in [0.1, 0.15) is 51.9 Å². The summed E-state index contributed by atoms with van der Waals surface area (Å²) in [6.07, 6.45) is 0. The van der Waals surface area contributed by atoms with Crippen LogP contribution in [0.3, 0.4) is 0 Å². The second-order valence-corrected chi connectivity index (χ2v) is 30.8. The number of halogens is 1. The summed E-state index contributed by atoms with van der Waals surface area (Å²) in [5, 5.41) is 19.2. The molecule has 2 aliphatic heterocycles. The summed E-state index contributed by atoms with van der Waals surface area (Å²) < 4.78 is 1.11. The number of benzene rings is 18. The van der Waals surface area contributed by atoms with Gasteiger partial charge in [-0.2, -0.15) is 0 Å². The van der Waals surface area contributed by atoms with Crippen molar-refractivity contribution in [3.63, 3.8) is 0 Å². The first-order valence-corrected chi connectivity index (χ1v) is 37.8. The number of anilines is 5. The number of para-hydroxylation sites is 4. The molecule has 104 heavy (non-hydrogen) atoms. The van der Waals surface area contributed by atoms with Crippen molar-refractivity contribution >= 4 is 133 Å². The Hall–Kier alpha value is -11.7. The van der Waals surface area contributed by atoms with Crippen LogP contribution < -0.4 is 10.2 Å². The molecule has 0 unspecified atom stereocenters. The molecule has 0 radical (unpaired) electrons. The van der Waals surface area contributed by atoms with Gasteiger partial charge in [0.05, 0.1) is 33.6 Å². The lowest BCUT2D eigenvalue weighted by atomic mass is 9.70. The minimum atomic E-state index is -0.426. The fourth-order valence-corrected chi connectivity index (χ4v) is 21.1. The van der Waals surface area contributed by atoms with Gasteiger partial charge >= 0.3 is 0 Å². The highest BCUT2D eigenvalue weighted by atomic mass is 79.9. The number of nitrogens with zero attached hydrogens (tertiary/aromatic N) is 1. The predicted molar refractivity (Wildman–Crippen MR) is 444 cm³/mol. The van der Waals surface area contributed by atoms with E-state index >= 15 is 0 Å². The van der Waals surface area contributed by atoms with Gasteiger partial charge in [0, 0.05) is 29.7 Å². The molecule has 2 spiro atoms. The summed E-state index contributed by atoms with van der Waals surface area (Å²) in [6.45, 7) is 0. The van der Waals surface area contributed by atoms with Gasteiger partial charge in [-0.15, -0.1) is 0 Å². The Bertz CT molecular complexity index is 6500. The van der Waals surface area contributed by atoms with Gasteiger partial charge in [-0.25, -0.2) is 0 Å².